The second kappa shape index (κ2) is 5.88. The molecule has 7 heteroatoms. The van der Waals surface area contributed by atoms with Crippen LogP contribution < -0.4 is 5.69 Å². The van der Waals surface area contributed by atoms with Gasteiger partial charge in [0, 0.05) is 30.9 Å². The van der Waals surface area contributed by atoms with Crippen LogP contribution in [0.15, 0.2) is 17.1 Å². The van der Waals surface area contributed by atoms with Crippen LogP contribution in [0.4, 0.5) is 0 Å². The average Bonchev–Trinajstić information content (AvgIpc) is 3.02. The van der Waals surface area contributed by atoms with Crippen molar-refractivity contribution in [2.45, 2.75) is 49.7 Å². The van der Waals surface area contributed by atoms with Gasteiger partial charge in [-0.25, -0.2) is 22.5 Å². The Bertz CT molecular complexity index is 649. The van der Waals surface area contributed by atoms with Gasteiger partial charge in [0.15, 0.2) is 0 Å². The Morgan fingerprint density at radius 1 is 1.19 bits per heavy atom. The zero-order chi connectivity index (χ0) is 14.9. The molecular weight excluding hydrogens is 290 g/mol. The lowest BCUT2D eigenvalue weighted by Gasteiger charge is -2.33. The summed E-state index contributed by atoms with van der Waals surface area (Å²) >= 11 is 0. The van der Waals surface area contributed by atoms with Crippen molar-refractivity contribution in [3.05, 3.63) is 28.4 Å². The number of aromatic amines is 1. The maximum atomic E-state index is 12.7. The summed E-state index contributed by atoms with van der Waals surface area (Å²) in [6, 6.07) is 1.78. The average molecular weight is 311 g/mol. The van der Waals surface area contributed by atoms with E-state index in [0.29, 0.717) is 13.1 Å². The summed E-state index contributed by atoms with van der Waals surface area (Å²) in [6.07, 6.45) is 6.82. The Labute approximate surface area is 124 Å². The second-order valence-electron chi connectivity index (χ2n) is 5.98. The maximum Gasteiger partial charge on any atom is 0.345 e. The first kappa shape index (κ1) is 14.7. The minimum absolute atomic E-state index is 0.0608. The molecule has 0 spiro atoms. The molecule has 116 valence electrons. The minimum atomic E-state index is -3.19. The van der Waals surface area contributed by atoms with Crippen LogP contribution in [-0.4, -0.2) is 41.0 Å². The van der Waals surface area contributed by atoms with Gasteiger partial charge < -0.3 is 4.98 Å². The van der Waals surface area contributed by atoms with E-state index in [4.69, 9.17) is 0 Å². The number of sulfonamides is 1. The van der Waals surface area contributed by atoms with Gasteiger partial charge in [-0.15, -0.1) is 0 Å². The number of nitrogens with zero attached hydrogens (tertiary/aromatic N) is 2. The van der Waals surface area contributed by atoms with E-state index >= 15 is 0 Å². The van der Waals surface area contributed by atoms with Crippen LogP contribution in [0, 0.1) is 0 Å². The number of nitrogens with one attached hydrogen (secondary N) is 1. The molecule has 0 bridgehead atoms. The lowest BCUT2D eigenvalue weighted by atomic mass is 9.96. The Morgan fingerprint density at radius 2 is 1.95 bits per heavy atom. The molecule has 6 nitrogen and oxygen atoms in total. The zero-order valence-electron chi connectivity index (χ0n) is 12.0. The number of hydrogen-bond donors (Lipinski definition) is 1. The Balaban J connectivity index is 1.78. The third-order valence-corrected chi connectivity index (χ3v) is 6.97. The summed E-state index contributed by atoms with van der Waals surface area (Å²) in [5.74, 6) is 0.0608. The van der Waals surface area contributed by atoms with Crippen molar-refractivity contribution < 1.29 is 8.42 Å². The molecule has 21 heavy (non-hydrogen) atoms. The molecule has 1 N–H and O–H groups in total. The standard InChI is InChI=1S/C14H21N3O3S/c18-14-15-8-7-13(16-14)11-4-3-9-17(10-11)21(19,20)12-5-1-2-6-12/h7-8,11-12H,1-6,9-10H2,(H,15,16,18)/t11-/m1/s1. The molecule has 1 aliphatic heterocycles. The molecule has 1 aromatic heterocycles. The van der Waals surface area contributed by atoms with Crippen molar-refractivity contribution in [1.29, 1.82) is 0 Å². The highest BCUT2D eigenvalue weighted by Crippen LogP contribution is 2.32. The lowest BCUT2D eigenvalue weighted by molar-refractivity contribution is 0.309. The number of hydrogen-bond acceptors (Lipinski definition) is 4. The third-order valence-electron chi connectivity index (χ3n) is 4.60. The van der Waals surface area contributed by atoms with Gasteiger partial charge in [0.1, 0.15) is 0 Å². The first-order valence-electron chi connectivity index (χ1n) is 7.61. The van der Waals surface area contributed by atoms with Crippen molar-refractivity contribution in [2.24, 2.45) is 0 Å². The zero-order valence-corrected chi connectivity index (χ0v) is 12.8. The van der Waals surface area contributed by atoms with Gasteiger partial charge in [-0.2, -0.15) is 0 Å². The molecule has 1 atom stereocenters. The first-order chi connectivity index (χ1) is 10.1. The van der Waals surface area contributed by atoms with Crippen molar-refractivity contribution in [2.75, 3.05) is 13.1 Å². The van der Waals surface area contributed by atoms with Crippen molar-refractivity contribution in [3.63, 3.8) is 0 Å². The van der Waals surface area contributed by atoms with Gasteiger partial charge in [0.25, 0.3) is 0 Å². The molecule has 2 aliphatic rings. The Morgan fingerprint density at radius 3 is 2.67 bits per heavy atom. The molecule has 0 amide bonds. The minimum Gasteiger partial charge on any atom is -0.309 e. The van der Waals surface area contributed by atoms with Crippen LogP contribution in [0.1, 0.15) is 50.1 Å². The van der Waals surface area contributed by atoms with Gasteiger partial charge in [-0.05, 0) is 31.7 Å². The van der Waals surface area contributed by atoms with Crippen LogP contribution in [-0.2, 0) is 10.0 Å². The smallest absolute Gasteiger partial charge is 0.309 e. The molecule has 0 aromatic carbocycles. The predicted octanol–water partition coefficient (Wildman–Crippen LogP) is 1.22. The van der Waals surface area contributed by atoms with E-state index < -0.39 is 10.0 Å². The van der Waals surface area contributed by atoms with E-state index in [2.05, 4.69) is 9.97 Å². The van der Waals surface area contributed by atoms with Gasteiger partial charge in [0.05, 0.1) is 5.25 Å². The molecule has 1 aromatic rings. The number of H-pyrrole nitrogens is 1. The van der Waals surface area contributed by atoms with E-state index in [1.54, 1.807) is 10.4 Å². The Kier molecular flexibility index (Phi) is 4.12. The van der Waals surface area contributed by atoms with Crippen LogP contribution in [0.25, 0.3) is 0 Å². The van der Waals surface area contributed by atoms with Gasteiger partial charge in [0.2, 0.25) is 10.0 Å². The molecule has 2 heterocycles. The number of aromatic nitrogens is 2. The third kappa shape index (κ3) is 3.03. The summed E-state index contributed by atoms with van der Waals surface area (Å²) in [7, 11) is -3.19. The van der Waals surface area contributed by atoms with Crippen molar-refractivity contribution in [1.82, 2.24) is 14.3 Å². The quantitative estimate of drug-likeness (QED) is 0.910. The molecule has 1 saturated carbocycles. The molecule has 1 saturated heterocycles. The van der Waals surface area contributed by atoms with E-state index in [-0.39, 0.29) is 16.9 Å². The normalized spacial score (nSPS) is 25.2. The molecule has 0 radical (unpaired) electrons. The molecule has 3 rings (SSSR count). The van der Waals surface area contributed by atoms with Crippen LogP contribution >= 0.6 is 0 Å². The van der Waals surface area contributed by atoms with E-state index in [0.717, 1.165) is 44.2 Å². The van der Waals surface area contributed by atoms with Gasteiger partial charge >= 0.3 is 5.69 Å². The largest absolute Gasteiger partial charge is 0.345 e. The fourth-order valence-corrected chi connectivity index (χ4v) is 5.57. The molecule has 2 fully saturated rings. The second-order valence-corrected chi connectivity index (χ2v) is 8.19. The van der Waals surface area contributed by atoms with Gasteiger partial charge in [-0.3, -0.25) is 0 Å². The lowest BCUT2D eigenvalue weighted by Crippen LogP contribution is -2.43. The monoisotopic (exact) mass is 311 g/mol. The van der Waals surface area contributed by atoms with E-state index in [1.165, 1.54) is 6.20 Å². The fourth-order valence-electron chi connectivity index (χ4n) is 3.45. The van der Waals surface area contributed by atoms with Crippen LogP contribution in [0.5, 0.6) is 0 Å². The predicted molar refractivity (Wildman–Crippen MR) is 79.6 cm³/mol. The summed E-state index contributed by atoms with van der Waals surface area (Å²) in [4.78, 5) is 17.7. The van der Waals surface area contributed by atoms with Crippen LogP contribution in [0.3, 0.4) is 0 Å². The Hall–Kier alpha value is -1.21. The SMILES string of the molecule is O=c1nccc([C@@H]2CCCN(S(=O)(=O)C3CCCC3)C2)[nH]1. The fraction of sp³-hybridized carbons (Fsp3) is 0.714. The molecule has 0 unspecified atom stereocenters. The topological polar surface area (TPSA) is 83.1 Å². The summed E-state index contributed by atoms with van der Waals surface area (Å²) in [5, 5.41) is -0.201. The number of rotatable bonds is 3. The highest BCUT2D eigenvalue weighted by atomic mass is 32.2. The van der Waals surface area contributed by atoms with E-state index in [9.17, 15) is 13.2 Å². The molecule has 1 aliphatic carbocycles. The van der Waals surface area contributed by atoms with E-state index in [1.807, 2.05) is 0 Å². The summed E-state index contributed by atoms with van der Waals surface area (Å²) in [5.41, 5.74) is 0.421. The van der Waals surface area contributed by atoms with Crippen molar-refractivity contribution >= 4 is 10.0 Å². The maximum absolute atomic E-state index is 12.7. The molecular formula is C14H21N3O3S. The number of piperidine rings is 1. The summed E-state index contributed by atoms with van der Waals surface area (Å²) in [6.45, 7) is 1.07. The first-order valence-corrected chi connectivity index (χ1v) is 9.12. The van der Waals surface area contributed by atoms with Gasteiger partial charge in [-0.1, -0.05) is 12.8 Å². The highest BCUT2D eigenvalue weighted by Gasteiger charge is 2.37. The van der Waals surface area contributed by atoms with Crippen LogP contribution in [0.2, 0.25) is 0 Å². The highest BCUT2D eigenvalue weighted by molar-refractivity contribution is 7.89. The van der Waals surface area contributed by atoms with Crippen molar-refractivity contribution in [3.8, 4) is 0 Å². The summed E-state index contributed by atoms with van der Waals surface area (Å²) < 4.78 is 27.0.